The van der Waals surface area contributed by atoms with Gasteiger partial charge in [-0.15, -0.1) is 0 Å². The molecule has 0 spiro atoms. The van der Waals surface area contributed by atoms with E-state index in [0.29, 0.717) is 5.41 Å². The minimum atomic E-state index is 0.00861. The van der Waals surface area contributed by atoms with Gasteiger partial charge in [0.1, 0.15) is 0 Å². The third kappa shape index (κ3) is 4.28. The van der Waals surface area contributed by atoms with Crippen molar-refractivity contribution in [3.8, 4) is 0 Å². The maximum atomic E-state index is 5.72. The topological polar surface area (TPSA) is 9.23 Å². The number of rotatable bonds is 3. The lowest BCUT2D eigenvalue weighted by Gasteiger charge is -2.19. The third-order valence-electron chi connectivity index (χ3n) is 2.64. The molecule has 0 aromatic heterocycles. The van der Waals surface area contributed by atoms with Crippen LogP contribution in [0.1, 0.15) is 53.9 Å². The highest BCUT2D eigenvalue weighted by molar-refractivity contribution is 5.14. The maximum Gasteiger partial charge on any atom is 0.0598 e. The van der Waals surface area contributed by atoms with Crippen molar-refractivity contribution in [1.29, 1.82) is 0 Å². The van der Waals surface area contributed by atoms with E-state index in [2.05, 4.69) is 40.7 Å². The summed E-state index contributed by atoms with van der Waals surface area (Å²) in [7, 11) is 0. The van der Waals surface area contributed by atoms with Crippen LogP contribution in [0.5, 0.6) is 0 Å². The smallest absolute Gasteiger partial charge is 0.0598 e. The van der Waals surface area contributed by atoms with E-state index >= 15 is 0 Å². The molecule has 1 rings (SSSR count). The fourth-order valence-electron chi connectivity index (χ4n) is 1.87. The first-order chi connectivity index (χ1) is 6.29. The molecule has 1 aliphatic carbocycles. The Hall–Kier alpha value is -0.300. The van der Waals surface area contributed by atoms with Gasteiger partial charge >= 0.3 is 0 Å². The molecule has 0 N–H and O–H groups in total. The van der Waals surface area contributed by atoms with Gasteiger partial charge in [0.15, 0.2) is 0 Å². The molecule has 0 radical (unpaired) electrons. The number of hydrogen-bond acceptors (Lipinski definition) is 1. The second-order valence-electron chi connectivity index (χ2n) is 6.00. The van der Waals surface area contributed by atoms with Crippen LogP contribution in [0.3, 0.4) is 0 Å². The first kappa shape index (κ1) is 11.8. The largest absolute Gasteiger partial charge is 0.376 e. The van der Waals surface area contributed by atoms with E-state index in [0.717, 1.165) is 13.0 Å². The Bertz CT molecular complexity index is 218. The molecule has 0 heterocycles. The molecule has 1 nitrogen and oxygen atoms in total. The normalized spacial score (nSPS) is 21.1. The Labute approximate surface area is 88.5 Å². The van der Waals surface area contributed by atoms with Crippen molar-refractivity contribution in [3.63, 3.8) is 0 Å². The Balaban J connectivity index is 2.27. The summed E-state index contributed by atoms with van der Waals surface area (Å²) in [6.45, 7) is 11.8. The highest BCUT2D eigenvalue weighted by Crippen LogP contribution is 2.36. The standard InChI is InChI=1S/C13H24O/c1-12(2,3)14-9-7-11-6-8-13(4,5)10-11/h10H,6-9H2,1-5H3. The molecule has 0 unspecified atom stereocenters. The highest BCUT2D eigenvalue weighted by atomic mass is 16.5. The predicted molar refractivity (Wildman–Crippen MR) is 61.4 cm³/mol. The van der Waals surface area contributed by atoms with Crippen molar-refractivity contribution in [1.82, 2.24) is 0 Å². The average Bonchev–Trinajstić information content (AvgIpc) is 2.27. The maximum absolute atomic E-state index is 5.72. The number of ether oxygens (including phenoxy) is 1. The van der Waals surface area contributed by atoms with E-state index < -0.39 is 0 Å². The van der Waals surface area contributed by atoms with Gasteiger partial charge in [0.05, 0.1) is 12.2 Å². The van der Waals surface area contributed by atoms with Crippen molar-refractivity contribution < 1.29 is 4.74 Å². The van der Waals surface area contributed by atoms with Gasteiger partial charge in [-0.1, -0.05) is 25.5 Å². The van der Waals surface area contributed by atoms with Gasteiger partial charge in [-0.2, -0.15) is 0 Å². The van der Waals surface area contributed by atoms with E-state index in [-0.39, 0.29) is 5.60 Å². The monoisotopic (exact) mass is 196 g/mol. The first-order valence-corrected chi connectivity index (χ1v) is 5.63. The van der Waals surface area contributed by atoms with Crippen molar-refractivity contribution in [2.45, 2.75) is 59.5 Å². The SMILES string of the molecule is CC1(C)C=C(CCOC(C)(C)C)CC1. The summed E-state index contributed by atoms with van der Waals surface area (Å²) in [5.41, 5.74) is 2.02. The van der Waals surface area contributed by atoms with Gasteiger partial charge in [-0.05, 0) is 45.4 Å². The van der Waals surface area contributed by atoms with Crippen LogP contribution >= 0.6 is 0 Å². The number of allylic oxidation sites excluding steroid dienone is 1. The van der Waals surface area contributed by atoms with Gasteiger partial charge in [0, 0.05) is 0 Å². The van der Waals surface area contributed by atoms with Crippen LogP contribution in [0, 0.1) is 5.41 Å². The van der Waals surface area contributed by atoms with Crippen LogP contribution in [-0.4, -0.2) is 12.2 Å². The van der Waals surface area contributed by atoms with Crippen molar-refractivity contribution in [2.75, 3.05) is 6.61 Å². The molecular formula is C13H24O. The van der Waals surface area contributed by atoms with Crippen molar-refractivity contribution >= 4 is 0 Å². The lowest BCUT2D eigenvalue weighted by molar-refractivity contribution is -0.00110. The van der Waals surface area contributed by atoms with Crippen molar-refractivity contribution in [3.05, 3.63) is 11.6 Å². The molecular weight excluding hydrogens is 172 g/mol. The van der Waals surface area contributed by atoms with Crippen LogP contribution < -0.4 is 0 Å². The van der Waals surface area contributed by atoms with E-state index in [1.807, 2.05) is 0 Å². The summed E-state index contributed by atoms with van der Waals surface area (Å²) in [6, 6.07) is 0. The van der Waals surface area contributed by atoms with E-state index in [4.69, 9.17) is 4.74 Å². The average molecular weight is 196 g/mol. The molecule has 82 valence electrons. The van der Waals surface area contributed by atoms with Crippen LogP contribution in [0.4, 0.5) is 0 Å². The Morgan fingerprint density at radius 1 is 1.36 bits per heavy atom. The molecule has 0 saturated carbocycles. The predicted octanol–water partition coefficient (Wildman–Crippen LogP) is 3.94. The summed E-state index contributed by atoms with van der Waals surface area (Å²) >= 11 is 0. The minimum Gasteiger partial charge on any atom is -0.376 e. The fourth-order valence-corrected chi connectivity index (χ4v) is 1.87. The van der Waals surface area contributed by atoms with Crippen LogP contribution in [0.15, 0.2) is 11.6 Å². The minimum absolute atomic E-state index is 0.00861. The Kier molecular flexibility index (Phi) is 3.41. The highest BCUT2D eigenvalue weighted by Gasteiger charge is 2.22. The van der Waals surface area contributed by atoms with E-state index in [1.165, 1.54) is 12.8 Å². The summed E-state index contributed by atoms with van der Waals surface area (Å²) in [6.07, 6.45) is 6.11. The molecule has 0 saturated heterocycles. The molecule has 1 aliphatic rings. The molecule has 0 amide bonds. The third-order valence-corrected chi connectivity index (χ3v) is 2.64. The Morgan fingerprint density at radius 3 is 2.43 bits per heavy atom. The van der Waals surface area contributed by atoms with Gasteiger partial charge < -0.3 is 4.74 Å². The molecule has 0 atom stereocenters. The second kappa shape index (κ2) is 4.06. The summed E-state index contributed by atoms with van der Waals surface area (Å²) < 4.78 is 5.72. The number of hydrogen-bond donors (Lipinski definition) is 0. The molecule has 14 heavy (non-hydrogen) atoms. The lowest BCUT2D eigenvalue weighted by Crippen LogP contribution is -2.19. The van der Waals surface area contributed by atoms with Crippen molar-refractivity contribution in [2.24, 2.45) is 5.41 Å². The van der Waals surface area contributed by atoms with Gasteiger partial charge in [-0.25, -0.2) is 0 Å². The summed E-state index contributed by atoms with van der Waals surface area (Å²) in [4.78, 5) is 0. The first-order valence-electron chi connectivity index (χ1n) is 5.63. The summed E-state index contributed by atoms with van der Waals surface area (Å²) in [5.74, 6) is 0. The lowest BCUT2D eigenvalue weighted by atomic mass is 9.94. The van der Waals surface area contributed by atoms with Crippen LogP contribution in [-0.2, 0) is 4.74 Å². The molecule has 0 aliphatic heterocycles. The zero-order valence-electron chi connectivity index (χ0n) is 10.3. The quantitative estimate of drug-likeness (QED) is 0.621. The van der Waals surface area contributed by atoms with Gasteiger partial charge in [-0.3, -0.25) is 0 Å². The Morgan fingerprint density at radius 2 is 2.00 bits per heavy atom. The molecule has 0 fully saturated rings. The van der Waals surface area contributed by atoms with Gasteiger partial charge in [0.2, 0.25) is 0 Å². The second-order valence-corrected chi connectivity index (χ2v) is 6.00. The van der Waals surface area contributed by atoms with E-state index in [1.54, 1.807) is 5.57 Å². The van der Waals surface area contributed by atoms with Crippen LogP contribution in [0.2, 0.25) is 0 Å². The van der Waals surface area contributed by atoms with Crippen LogP contribution in [0.25, 0.3) is 0 Å². The zero-order valence-corrected chi connectivity index (χ0v) is 10.3. The molecule has 0 aromatic rings. The summed E-state index contributed by atoms with van der Waals surface area (Å²) in [5, 5.41) is 0. The van der Waals surface area contributed by atoms with E-state index in [9.17, 15) is 0 Å². The fraction of sp³-hybridized carbons (Fsp3) is 0.846. The molecule has 0 aromatic carbocycles. The molecule has 1 heteroatoms. The molecule has 0 bridgehead atoms. The zero-order chi connectivity index (χ0) is 10.8. The van der Waals surface area contributed by atoms with Gasteiger partial charge in [0.25, 0.3) is 0 Å².